The summed E-state index contributed by atoms with van der Waals surface area (Å²) in [7, 11) is 1.27. The molecule has 0 aliphatic rings. The molecule has 25 heavy (non-hydrogen) atoms. The Balaban J connectivity index is 2.75. The summed E-state index contributed by atoms with van der Waals surface area (Å²) in [6.45, 7) is 6.92. The Morgan fingerprint density at radius 1 is 1.36 bits per heavy atom. The molecule has 0 fully saturated rings. The van der Waals surface area contributed by atoms with Crippen LogP contribution >= 0.6 is 11.3 Å². The van der Waals surface area contributed by atoms with E-state index in [9.17, 15) is 14.7 Å². The summed E-state index contributed by atoms with van der Waals surface area (Å²) in [5.41, 5.74) is -0.652. The lowest BCUT2D eigenvalue weighted by Gasteiger charge is -2.22. The van der Waals surface area contributed by atoms with Crippen molar-refractivity contribution >= 4 is 23.4 Å². The van der Waals surface area contributed by atoms with Gasteiger partial charge in [0.15, 0.2) is 0 Å². The van der Waals surface area contributed by atoms with Gasteiger partial charge in [0.05, 0.1) is 18.1 Å². The summed E-state index contributed by atoms with van der Waals surface area (Å²) in [4.78, 5) is 25.5. The van der Waals surface area contributed by atoms with Crippen molar-refractivity contribution in [2.24, 2.45) is 0 Å². The van der Waals surface area contributed by atoms with E-state index in [4.69, 9.17) is 9.47 Å². The van der Waals surface area contributed by atoms with E-state index in [-0.39, 0.29) is 6.42 Å². The fourth-order valence-corrected chi connectivity index (χ4v) is 2.76. The molecule has 1 aromatic heterocycles. The smallest absolute Gasteiger partial charge is 0.408 e. The Morgan fingerprint density at radius 2 is 2.04 bits per heavy atom. The van der Waals surface area contributed by atoms with Gasteiger partial charge in [0.1, 0.15) is 11.6 Å². The number of amides is 1. The van der Waals surface area contributed by atoms with E-state index in [1.165, 1.54) is 18.4 Å². The molecule has 0 spiro atoms. The highest BCUT2D eigenvalue weighted by Crippen LogP contribution is 2.18. The van der Waals surface area contributed by atoms with Crippen LogP contribution in [0.15, 0.2) is 12.1 Å². The Morgan fingerprint density at radius 3 is 2.60 bits per heavy atom. The first-order valence-electron chi connectivity index (χ1n) is 7.93. The summed E-state index contributed by atoms with van der Waals surface area (Å²) in [5.74, 6) is 5.31. The molecule has 1 unspecified atom stereocenters. The summed E-state index contributed by atoms with van der Waals surface area (Å²) in [6.07, 6.45) is -0.447. The molecule has 1 aromatic rings. The Kier molecular flexibility index (Phi) is 7.94. The minimum atomic E-state index is -0.836. The number of hydrogen-bond donors (Lipinski definition) is 2. The van der Waals surface area contributed by atoms with Crippen molar-refractivity contribution in [2.75, 3.05) is 7.11 Å². The maximum absolute atomic E-state index is 11.9. The van der Waals surface area contributed by atoms with E-state index in [1.807, 2.05) is 12.1 Å². The van der Waals surface area contributed by atoms with Crippen molar-refractivity contribution in [3.05, 3.63) is 21.9 Å². The average Bonchev–Trinajstić information content (AvgIpc) is 2.91. The molecule has 0 saturated heterocycles. The number of esters is 1. The van der Waals surface area contributed by atoms with E-state index in [2.05, 4.69) is 17.2 Å². The van der Waals surface area contributed by atoms with Gasteiger partial charge in [-0.1, -0.05) is 11.8 Å². The van der Waals surface area contributed by atoms with E-state index < -0.39 is 29.8 Å². The molecule has 1 heterocycles. The standard InChI is InChI=1S/C18H25NO5S/c1-12(20)7-6-8-13-9-10-14(25-13)11-15(16(21)23-5)19-17(22)24-18(2,3)4/h9-10,12,15,20H,7,11H2,1-5H3,(H,19,22)/t12?,15-/m0/s1. The van der Waals surface area contributed by atoms with Crippen LogP contribution in [-0.2, 0) is 20.7 Å². The highest BCUT2D eigenvalue weighted by Gasteiger charge is 2.25. The molecule has 1 amide bonds. The maximum Gasteiger partial charge on any atom is 0.408 e. The molecule has 7 heteroatoms. The second-order valence-corrected chi connectivity index (χ2v) is 7.72. The van der Waals surface area contributed by atoms with E-state index in [0.717, 1.165) is 9.75 Å². The van der Waals surface area contributed by atoms with Crippen molar-refractivity contribution in [1.82, 2.24) is 5.32 Å². The van der Waals surface area contributed by atoms with Crippen LogP contribution in [0, 0.1) is 11.8 Å². The van der Waals surface area contributed by atoms with Crippen molar-refractivity contribution in [3.63, 3.8) is 0 Å². The average molecular weight is 367 g/mol. The molecular formula is C18H25NO5S. The Hall–Kier alpha value is -2.04. The highest BCUT2D eigenvalue weighted by atomic mass is 32.1. The van der Waals surface area contributed by atoms with Gasteiger partial charge < -0.3 is 19.9 Å². The first-order chi connectivity index (χ1) is 11.6. The molecule has 0 aromatic carbocycles. The van der Waals surface area contributed by atoms with Crippen LogP contribution in [0.3, 0.4) is 0 Å². The van der Waals surface area contributed by atoms with Gasteiger partial charge in [-0.25, -0.2) is 9.59 Å². The van der Waals surface area contributed by atoms with Crippen LogP contribution in [0.2, 0.25) is 0 Å². The largest absolute Gasteiger partial charge is 0.467 e. The SMILES string of the molecule is COC(=O)[C@H](Cc1ccc(C#CCC(C)O)s1)NC(=O)OC(C)(C)C. The van der Waals surface area contributed by atoms with Crippen LogP contribution in [-0.4, -0.2) is 42.0 Å². The van der Waals surface area contributed by atoms with Crippen LogP contribution < -0.4 is 5.32 Å². The quantitative estimate of drug-likeness (QED) is 0.617. The number of alkyl carbamates (subject to hydrolysis) is 1. The first-order valence-corrected chi connectivity index (χ1v) is 8.75. The van der Waals surface area contributed by atoms with E-state index in [1.54, 1.807) is 27.7 Å². The number of rotatable bonds is 5. The zero-order chi connectivity index (χ0) is 19.0. The van der Waals surface area contributed by atoms with Gasteiger partial charge in [-0.2, -0.15) is 0 Å². The third kappa shape index (κ3) is 8.57. The molecule has 0 saturated carbocycles. The number of nitrogens with one attached hydrogen (secondary N) is 1. The molecule has 138 valence electrons. The number of aliphatic hydroxyl groups is 1. The lowest BCUT2D eigenvalue weighted by Crippen LogP contribution is -2.45. The molecule has 0 aliphatic carbocycles. The van der Waals surface area contributed by atoms with Crippen LogP contribution in [0.1, 0.15) is 43.9 Å². The minimum absolute atomic E-state index is 0.286. The lowest BCUT2D eigenvalue weighted by molar-refractivity contribution is -0.143. The number of thiophene rings is 1. The van der Waals surface area contributed by atoms with Crippen LogP contribution in [0.4, 0.5) is 4.79 Å². The van der Waals surface area contributed by atoms with Crippen molar-refractivity contribution in [3.8, 4) is 11.8 Å². The number of aliphatic hydroxyl groups excluding tert-OH is 1. The van der Waals surface area contributed by atoms with Crippen LogP contribution in [0.5, 0.6) is 0 Å². The van der Waals surface area contributed by atoms with Gasteiger partial charge in [0.25, 0.3) is 0 Å². The Bertz CT molecular complexity index is 648. The monoisotopic (exact) mass is 367 g/mol. The highest BCUT2D eigenvalue weighted by molar-refractivity contribution is 7.12. The number of hydrogen-bond acceptors (Lipinski definition) is 6. The summed E-state index contributed by atoms with van der Waals surface area (Å²) < 4.78 is 9.93. The molecule has 0 aliphatic heterocycles. The van der Waals surface area contributed by atoms with Gasteiger partial charge in [0, 0.05) is 17.7 Å². The lowest BCUT2D eigenvalue weighted by atomic mass is 10.2. The van der Waals surface area contributed by atoms with Gasteiger partial charge in [0.2, 0.25) is 0 Å². The van der Waals surface area contributed by atoms with Gasteiger partial charge >= 0.3 is 12.1 Å². The fraction of sp³-hybridized carbons (Fsp3) is 0.556. The van der Waals surface area contributed by atoms with E-state index >= 15 is 0 Å². The molecule has 2 atom stereocenters. The number of carbonyl (C=O) groups excluding carboxylic acids is 2. The summed E-state index contributed by atoms with van der Waals surface area (Å²) in [6, 6.07) is 2.86. The maximum atomic E-state index is 11.9. The molecule has 2 N–H and O–H groups in total. The molecule has 1 rings (SSSR count). The fourth-order valence-electron chi connectivity index (χ4n) is 1.83. The predicted octanol–water partition coefficient (Wildman–Crippen LogP) is 2.48. The predicted molar refractivity (Wildman–Crippen MR) is 96.4 cm³/mol. The number of carbonyl (C=O) groups is 2. The third-order valence-corrected chi connectivity index (χ3v) is 3.88. The second-order valence-electron chi connectivity index (χ2n) is 6.55. The van der Waals surface area contributed by atoms with Crippen molar-refractivity contribution in [2.45, 2.75) is 58.3 Å². The number of ether oxygens (including phenoxy) is 2. The van der Waals surface area contributed by atoms with Gasteiger partial charge in [-0.3, -0.25) is 0 Å². The first kappa shape index (κ1) is 21.0. The Labute approximate surface area is 152 Å². The zero-order valence-electron chi connectivity index (χ0n) is 15.2. The van der Waals surface area contributed by atoms with E-state index in [0.29, 0.717) is 6.42 Å². The molecular weight excluding hydrogens is 342 g/mol. The number of methoxy groups -OCH3 is 1. The van der Waals surface area contributed by atoms with Gasteiger partial charge in [-0.05, 0) is 39.8 Å². The molecule has 0 radical (unpaired) electrons. The topological polar surface area (TPSA) is 84.9 Å². The third-order valence-electron chi connectivity index (χ3n) is 2.85. The van der Waals surface area contributed by atoms with Gasteiger partial charge in [-0.15, -0.1) is 11.3 Å². The molecule has 6 nitrogen and oxygen atoms in total. The van der Waals surface area contributed by atoms with Crippen LogP contribution in [0.25, 0.3) is 0 Å². The van der Waals surface area contributed by atoms with Crippen molar-refractivity contribution < 1.29 is 24.2 Å². The summed E-state index contributed by atoms with van der Waals surface area (Å²) >= 11 is 1.43. The second kappa shape index (κ2) is 9.44. The van der Waals surface area contributed by atoms with Crippen molar-refractivity contribution in [1.29, 1.82) is 0 Å². The normalized spacial score (nSPS) is 13.2. The summed E-state index contributed by atoms with van der Waals surface area (Å²) in [5, 5.41) is 11.7. The molecule has 0 bridgehead atoms. The zero-order valence-corrected chi connectivity index (χ0v) is 16.0. The minimum Gasteiger partial charge on any atom is -0.467 e.